The van der Waals surface area contributed by atoms with Crippen LogP contribution in [0.4, 0.5) is 0 Å². The minimum Gasteiger partial charge on any atom is -0.497 e. The summed E-state index contributed by atoms with van der Waals surface area (Å²) in [6.07, 6.45) is 2.14. The lowest BCUT2D eigenvalue weighted by atomic mass is 9.82. The highest BCUT2D eigenvalue weighted by molar-refractivity contribution is 6.47. The molecule has 188 valence electrons. The van der Waals surface area contributed by atoms with Crippen LogP contribution >= 0.6 is 0 Å². The van der Waals surface area contributed by atoms with Gasteiger partial charge in [0.25, 0.3) is 5.72 Å². The molecule has 0 aliphatic carbocycles. The summed E-state index contributed by atoms with van der Waals surface area (Å²) < 4.78 is 11.3. The molecule has 0 saturated heterocycles. The van der Waals surface area contributed by atoms with E-state index >= 15 is 0 Å². The van der Waals surface area contributed by atoms with E-state index in [1.54, 1.807) is 34.1 Å². The molecule has 0 fully saturated rings. The van der Waals surface area contributed by atoms with Crippen molar-refractivity contribution in [1.82, 2.24) is 4.90 Å². The third-order valence-corrected chi connectivity index (χ3v) is 6.23. The van der Waals surface area contributed by atoms with Crippen LogP contribution in [0.25, 0.3) is 5.70 Å². The molecule has 0 spiro atoms. The summed E-state index contributed by atoms with van der Waals surface area (Å²) in [5.74, 6) is 0.228. The van der Waals surface area contributed by atoms with E-state index in [0.29, 0.717) is 23.7 Å². The van der Waals surface area contributed by atoms with E-state index in [-0.39, 0.29) is 0 Å². The molecule has 0 radical (unpaired) electrons. The van der Waals surface area contributed by atoms with Gasteiger partial charge in [-0.2, -0.15) is 0 Å². The zero-order valence-corrected chi connectivity index (χ0v) is 22.0. The molecule has 2 aromatic rings. The molecule has 2 aromatic carbocycles. The van der Waals surface area contributed by atoms with Crippen LogP contribution in [0.5, 0.6) is 5.75 Å². The van der Waals surface area contributed by atoms with Crippen molar-refractivity contribution in [3.05, 3.63) is 71.9 Å². The molecular weight excluding hydrogens is 454 g/mol. The topological polar surface area (TPSA) is 80.6 Å². The SMILES string of the molecule is COc1ccc(C2=CN3C(=O)C(OC(=O)C(C)(C)C)(C(C)(C)C)N=C3C(Cc3ccccc3)=N2)cc1. The predicted molar refractivity (Wildman–Crippen MR) is 141 cm³/mol. The Morgan fingerprint density at radius 1 is 0.972 bits per heavy atom. The molecule has 2 aliphatic heterocycles. The van der Waals surface area contributed by atoms with Gasteiger partial charge in [0.2, 0.25) is 0 Å². The van der Waals surface area contributed by atoms with Crippen molar-refractivity contribution in [2.24, 2.45) is 20.8 Å². The van der Waals surface area contributed by atoms with Crippen LogP contribution in [-0.2, 0) is 20.7 Å². The Bertz CT molecular complexity index is 1260. The normalized spacial score (nSPS) is 19.8. The van der Waals surface area contributed by atoms with E-state index in [9.17, 15) is 9.59 Å². The molecular formula is C29H33N3O4. The molecule has 7 heteroatoms. The van der Waals surface area contributed by atoms with Crippen LogP contribution in [0.15, 0.2) is 70.8 Å². The number of rotatable bonds is 5. The van der Waals surface area contributed by atoms with Crippen LogP contribution in [0.1, 0.15) is 52.7 Å². The molecule has 2 heterocycles. The van der Waals surface area contributed by atoms with Crippen LogP contribution in [-0.4, -0.2) is 41.2 Å². The number of amides is 1. The summed E-state index contributed by atoms with van der Waals surface area (Å²) in [5.41, 5.74) is -0.219. The molecule has 1 atom stereocenters. The number of hydrogen-bond donors (Lipinski definition) is 0. The highest BCUT2D eigenvalue weighted by atomic mass is 16.6. The third kappa shape index (κ3) is 4.57. The first-order valence-corrected chi connectivity index (χ1v) is 12.0. The number of amidine groups is 1. The fourth-order valence-electron chi connectivity index (χ4n) is 3.98. The van der Waals surface area contributed by atoms with Gasteiger partial charge in [0.1, 0.15) is 5.75 Å². The molecule has 7 nitrogen and oxygen atoms in total. The van der Waals surface area contributed by atoms with Crippen LogP contribution in [0, 0.1) is 10.8 Å². The van der Waals surface area contributed by atoms with Gasteiger partial charge in [-0.15, -0.1) is 0 Å². The number of carbonyl (C=O) groups is 2. The minimum atomic E-state index is -1.71. The number of fused-ring (bicyclic) bond motifs is 1. The lowest BCUT2D eigenvalue weighted by Gasteiger charge is -2.37. The molecule has 4 rings (SSSR count). The number of benzene rings is 2. The van der Waals surface area contributed by atoms with Crippen LogP contribution in [0.2, 0.25) is 0 Å². The summed E-state index contributed by atoms with van der Waals surface area (Å²) in [5, 5.41) is 0. The van der Waals surface area contributed by atoms with Gasteiger partial charge < -0.3 is 9.47 Å². The Kier molecular flexibility index (Phi) is 6.37. The second-order valence-corrected chi connectivity index (χ2v) is 11.1. The lowest BCUT2D eigenvalue weighted by molar-refractivity contribution is -0.187. The van der Waals surface area contributed by atoms with Crippen LogP contribution in [0.3, 0.4) is 0 Å². The van der Waals surface area contributed by atoms with Gasteiger partial charge in [0, 0.05) is 23.6 Å². The number of methoxy groups -OCH3 is 1. The summed E-state index contributed by atoms with van der Waals surface area (Å²) >= 11 is 0. The Morgan fingerprint density at radius 2 is 1.61 bits per heavy atom. The molecule has 1 amide bonds. The van der Waals surface area contributed by atoms with E-state index in [0.717, 1.165) is 16.9 Å². The van der Waals surface area contributed by atoms with Crippen molar-refractivity contribution < 1.29 is 19.1 Å². The maximum absolute atomic E-state index is 14.1. The summed E-state index contributed by atoms with van der Waals surface area (Å²) in [6, 6.07) is 17.4. The Hall–Kier alpha value is -3.74. The fourth-order valence-corrected chi connectivity index (χ4v) is 3.98. The number of esters is 1. The first-order valence-electron chi connectivity index (χ1n) is 12.0. The number of carbonyl (C=O) groups excluding carboxylic acids is 2. The predicted octanol–water partition coefficient (Wildman–Crippen LogP) is 5.26. The molecule has 0 saturated carbocycles. The third-order valence-electron chi connectivity index (χ3n) is 6.23. The van der Waals surface area contributed by atoms with Crippen molar-refractivity contribution in [2.45, 2.75) is 53.7 Å². The molecule has 0 bridgehead atoms. The molecule has 1 unspecified atom stereocenters. The number of nitrogens with zero attached hydrogens (tertiary/aromatic N) is 3. The van der Waals surface area contributed by atoms with Crippen molar-refractivity contribution in [3.8, 4) is 5.75 Å². The monoisotopic (exact) mass is 487 g/mol. The van der Waals surface area contributed by atoms with Gasteiger partial charge in [0.15, 0.2) is 5.84 Å². The first-order chi connectivity index (χ1) is 16.9. The van der Waals surface area contributed by atoms with Crippen molar-refractivity contribution in [1.29, 1.82) is 0 Å². The van der Waals surface area contributed by atoms with Crippen LogP contribution < -0.4 is 4.74 Å². The number of aliphatic imine (C=N–C) groups is 2. The van der Waals surface area contributed by atoms with Gasteiger partial charge in [-0.1, -0.05) is 51.1 Å². The second-order valence-electron chi connectivity index (χ2n) is 11.1. The summed E-state index contributed by atoms with van der Waals surface area (Å²) in [6.45, 7) is 10.8. The van der Waals surface area contributed by atoms with E-state index in [2.05, 4.69) is 0 Å². The molecule has 0 aromatic heterocycles. The maximum atomic E-state index is 14.1. The fraction of sp³-hybridized carbons (Fsp3) is 0.379. The average molecular weight is 488 g/mol. The quantitative estimate of drug-likeness (QED) is 0.539. The summed E-state index contributed by atoms with van der Waals surface area (Å²) in [7, 11) is 1.61. The van der Waals surface area contributed by atoms with E-state index < -0.39 is 28.4 Å². The highest BCUT2D eigenvalue weighted by Crippen LogP contribution is 2.44. The molecule has 2 aliphatic rings. The smallest absolute Gasteiger partial charge is 0.313 e. The summed E-state index contributed by atoms with van der Waals surface area (Å²) in [4.78, 5) is 38.3. The van der Waals surface area contributed by atoms with Crippen molar-refractivity contribution in [3.63, 3.8) is 0 Å². The maximum Gasteiger partial charge on any atom is 0.313 e. The van der Waals surface area contributed by atoms with Crippen molar-refractivity contribution in [2.75, 3.05) is 7.11 Å². The Morgan fingerprint density at radius 3 is 2.17 bits per heavy atom. The lowest BCUT2D eigenvalue weighted by Crippen LogP contribution is -2.54. The first kappa shape index (κ1) is 25.4. The van der Waals surface area contributed by atoms with E-state index in [1.807, 2.05) is 75.4 Å². The molecule has 36 heavy (non-hydrogen) atoms. The second kappa shape index (κ2) is 9.04. The zero-order valence-electron chi connectivity index (χ0n) is 22.0. The number of ether oxygens (including phenoxy) is 2. The van der Waals surface area contributed by atoms with Gasteiger partial charge in [-0.05, 0) is 50.6 Å². The highest BCUT2D eigenvalue weighted by Gasteiger charge is 2.60. The Balaban J connectivity index is 1.85. The average Bonchev–Trinajstić information content (AvgIpc) is 3.12. The minimum absolute atomic E-state index is 0.401. The van der Waals surface area contributed by atoms with Gasteiger partial charge >= 0.3 is 11.9 Å². The van der Waals surface area contributed by atoms with Gasteiger partial charge in [0.05, 0.1) is 23.9 Å². The standard InChI is InChI=1S/C29H33N3O4/c1-27(2,3)26(34)36-29(28(4,5)6)25(33)32-18-23(20-13-15-21(35-7)16-14-20)30-22(24(32)31-29)17-19-11-9-8-10-12-19/h8-16,18H,17H2,1-7H3. The number of hydrogen-bond acceptors (Lipinski definition) is 6. The van der Waals surface area contributed by atoms with E-state index in [4.69, 9.17) is 19.5 Å². The van der Waals surface area contributed by atoms with E-state index in [1.165, 1.54) is 4.90 Å². The Labute approximate surface area is 212 Å². The van der Waals surface area contributed by atoms with Gasteiger partial charge in [-0.3, -0.25) is 14.5 Å². The zero-order chi connectivity index (χ0) is 26.3. The largest absolute Gasteiger partial charge is 0.497 e. The molecule has 0 N–H and O–H groups in total. The van der Waals surface area contributed by atoms with Gasteiger partial charge in [-0.25, -0.2) is 9.98 Å². The van der Waals surface area contributed by atoms with Crippen molar-refractivity contribution >= 4 is 29.1 Å².